The number of aryl methyl sites for hydroxylation is 1. The normalized spacial score (nSPS) is 18.1. The predicted molar refractivity (Wildman–Crippen MR) is 135 cm³/mol. The second-order valence-electron chi connectivity index (χ2n) is 9.77. The lowest BCUT2D eigenvalue weighted by Crippen LogP contribution is -2.41. The molecule has 0 saturated carbocycles. The number of hydrogen-bond donors (Lipinski definition) is 0. The van der Waals surface area contributed by atoms with Gasteiger partial charge >= 0.3 is 0 Å². The molecule has 34 heavy (non-hydrogen) atoms. The molecular weight excluding hydrogens is 426 g/mol. The topological polar surface area (TPSA) is 46.9 Å². The Labute approximate surface area is 202 Å². The molecule has 6 nitrogen and oxygen atoms in total. The predicted octanol–water partition coefficient (Wildman–Crippen LogP) is 4.66. The van der Waals surface area contributed by atoms with E-state index in [9.17, 15) is 4.79 Å². The van der Waals surface area contributed by atoms with Crippen LogP contribution in [0.3, 0.4) is 0 Å². The summed E-state index contributed by atoms with van der Waals surface area (Å²) in [4.78, 5) is 17.9. The minimum atomic E-state index is 0.0450. The molecule has 1 aromatic heterocycles. The first-order valence-corrected chi connectivity index (χ1v) is 12.5. The molecular formula is C28H35N3O3. The van der Waals surface area contributed by atoms with Gasteiger partial charge in [-0.15, -0.1) is 0 Å². The van der Waals surface area contributed by atoms with E-state index in [0.717, 1.165) is 48.3 Å². The quantitative estimate of drug-likeness (QED) is 0.554. The van der Waals surface area contributed by atoms with Crippen LogP contribution in [0.5, 0.6) is 5.75 Å². The summed E-state index contributed by atoms with van der Waals surface area (Å²) in [6.45, 7) is 11.2. The summed E-state index contributed by atoms with van der Waals surface area (Å²) in [5, 5.41) is 1.02. The van der Waals surface area contributed by atoms with Gasteiger partial charge in [-0.2, -0.15) is 0 Å². The number of amides is 1. The van der Waals surface area contributed by atoms with E-state index in [1.165, 1.54) is 5.56 Å². The monoisotopic (exact) mass is 461 g/mol. The number of benzene rings is 2. The van der Waals surface area contributed by atoms with Gasteiger partial charge in [-0.3, -0.25) is 4.79 Å². The summed E-state index contributed by atoms with van der Waals surface area (Å²) in [5.74, 6) is 0.922. The molecule has 0 atom stereocenters. The molecule has 2 saturated heterocycles. The summed E-state index contributed by atoms with van der Waals surface area (Å²) in [7, 11) is 0. The zero-order chi connectivity index (χ0) is 23.7. The maximum atomic E-state index is 13.5. The van der Waals surface area contributed by atoms with E-state index in [1.807, 2.05) is 17.0 Å². The third-order valence-corrected chi connectivity index (χ3v) is 7.09. The molecule has 2 aliphatic rings. The molecule has 6 heteroatoms. The smallest absolute Gasteiger partial charge is 0.271 e. The Morgan fingerprint density at radius 1 is 0.971 bits per heavy atom. The second kappa shape index (κ2) is 9.80. The molecule has 0 radical (unpaired) electrons. The van der Waals surface area contributed by atoms with Crippen molar-refractivity contribution in [3.63, 3.8) is 0 Å². The summed E-state index contributed by atoms with van der Waals surface area (Å²) >= 11 is 0. The van der Waals surface area contributed by atoms with Crippen molar-refractivity contribution in [3.05, 3.63) is 59.8 Å². The van der Waals surface area contributed by atoms with Crippen molar-refractivity contribution in [1.29, 1.82) is 0 Å². The number of rotatable bonds is 5. The maximum absolute atomic E-state index is 13.5. The number of likely N-dealkylation sites (tertiary alicyclic amines) is 1. The Morgan fingerprint density at radius 2 is 1.68 bits per heavy atom. The Bertz CT molecular complexity index is 1140. The van der Waals surface area contributed by atoms with Crippen LogP contribution in [0.4, 0.5) is 0 Å². The van der Waals surface area contributed by atoms with Crippen LogP contribution in [0.1, 0.15) is 42.7 Å². The highest BCUT2D eigenvalue weighted by Crippen LogP contribution is 2.30. The molecule has 2 aromatic carbocycles. The summed E-state index contributed by atoms with van der Waals surface area (Å²) in [6, 6.07) is 17.2. The van der Waals surface area contributed by atoms with E-state index >= 15 is 0 Å². The maximum Gasteiger partial charge on any atom is 0.271 e. The summed E-state index contributed by atoms with van der Waals surface area (Å²) < 4.78 is 13.9. The largest absolute Gasteiger partial charge is 0.490 e. The van der Waals surface area contributed by atoms with Crippen molar-refractivity contribution in [2.75, 3.05) is 39.4 Å². The number of hydrogen-bond acceptors (Lipinski definition) is 4. The molecule has 2 fully saturated rings. The third-order valence-electron chi connectivity index (χ3n) is 7.09. The van der Waals surface area contributed by atoms with Gasteiger partial charge in [-0.25, -0.2) is 0 Å². The first-order valence-electron chi connectivity index (χ1n) is 12.5. The number of aromatic nitrogens is 1. The van der Waals surface area contributed by atoms with Crippen molar-refractivity contribution in [2.24, 2.45) is 0 Å². The molecule has 2 aliphatic heterocycles. The zero-order valence-corrected chi connectivity index (χ0v) is 20.5. The fourth-order valence-corrected chi connectivity index (χ4v) is 5.03. The Kier molecular flexibility index (Phi) is 6.61. The van der Waals surface area contributed by atoms with Crippen LogP contribution in [0.2, 0.25) is 0 Å². The SMILES string of the molecule is Cc1ccc(-n2c(C(=O)N3CCOCC3)cc3cc(OC4CCN(C(C)C)CC4)ccc32)cc1. The van der Waals surface area contributed by atoms with Gasteiger partial charge in [0, 0.05) is 43.3 Å². The third kappa shape index (κ3) is 4.70. The van der Waals surface area contributed by atoms with E-state index in [2.05, 4.69) is 66.6 Å². The molecule has 0 bridgehead atoms. The van der Waals surface area contributed by atoms with Crippen LogP contribution < -0.4 is 4.74 Å². The average Bonchev–Trinajstić information content (AvgIpc) is 3.23. The van der Waals surface area contributed by atoms with Crippen LogP contribution >= 0.6 is 0 Å². The molecule has 180 valence electrons. The first-order chi connectivity index (χ1) is 16.5. The van der Waals surface area contributed by atoms with Crippen molar-refractivity contribution < 1.29 is 14.3 Å². The molecule has 3 aromatic rings. The van der Waals surface area contributed by atoms with E-state index in [-0.39, 0.29) is 12.0 Å². The number of fused-ring (bicyclic) bond motifs is 1. The van der Waals surface area contributed by atoms with Crippen LogP contribution in [0.15, 0.2) is 48.5 Å². The van der Waals surface area contributed by atoms with Gasteiger partial charge in [-0.1, -0.05) is 17.7 Å². The minimum absolute atomic E-state index is 0.0450. The molecule has 3 heterocycles. The minimum Gasteiger partial charge on any atom is -0.490 e. The molecule has 5 rings (SSSR count). The molecule has 0 spiro atoms. The van der Waals surface area contributed by atoms with Gasteiger partial charge in [0.25, 0.3) is 5.91 Å². The van der Waals surface area contributed by atoms with Crippen molar-refractivity contribution in [2.45, 2.75) is 45.8 Å². The van der Waals surface area contributed by atoms with E-state index in [1.54, 1.807) is 0 Å². The first kappa shape index (κ1) is 22.9. The van der Waals surface area contributed by atoms with Crippen LogP contribution in [0, 0.1) is 6.92 Å². The van der Waals surface area contributed by atoms with E-state index in [4.69, 9.17) is 9.47 Å². The highest BCUT2D eigenvalue weighted by Gasteiger charge is 2.25. The second-order valence-corrected chi connectivity index (χ2v) is 9.77. The molecule has 1 amide bonds. The fraction of sp³-hybridized carbons (Fsp3) is 0.464. The lowest BCUT2D eigenvalue weighted by molar-refractivity contribution is 0.0298. The lowest BCUT2D eigenvalue weighted by atomic mass is 10.1. The van der Waals surface area contributed by atoms with E-state index < -0.39 is 0 Å². The lowest BCUT2D eigenvalue weighted by Gasteiger charge is -2.34. The standard InChI is InChI=1S/C28H35N3O3/c1-20(2)29-12-10-24(11-13-29)34-25-8-9-26-22(18-25)19-27(28(32)30-14-16-33-17-15-30)31(26)23-6-4-21(3)5-7-23/h4-9,18-20,24H,10-17H2,1-3H3. The van der Waals surface area contributed by atoms with Crippen LogP contribution in [-0.2, 0) is 4.74 Å². The number of nitrogens with zero attached hydrogens (tertiary/aromatic N) is 3. The number of carbonyl (C=O) groups excluding carboxylic acids is 1. The highest BCUT2D eigenvalue weighted by atomic mass is 16.5. The van der Waals surface area contributed by atoms with Crippen molar-refractivity contribution in [3.8, 4) is 11.4 Å². The van der Waals surface area contributed by atoms with Crippen molar-refractivity contribution >= 4 is 16.8 Å². The molecule has 0 aliphatic carbocycles. The van der Waals surface area contributed by atoms with Gasteiger partial charge in [-0.05, 0) is 70.0 Å². The van der Waals surface area contributed by atoms with Crippen LogP contribution in [-0.4, -0.2) is 71.8 Å². The summed E-state index contributed by atoms with van der Waals surface area (Å²) in [5.41, 5.74) is 3.89. The Morgan fingerprint density at radius 3 is 2.35 bits per heavy atom. The van der Waals surface area contributed by atoms with Gasteiger partial charge < -0.3 is 23.8 Å². The van der Waals surface area contributed by atoms with Gasteiger partial charge in [0.05, 0.1) is 18.7 Å². The number of morpholine rings is 1. The van der Waals surface area contributed by atoms with Crippen LogP contribution in [0.25, 0.3) is 16.6 Å². The molecule has 0 unspecified atom stereocenters. The number of carbonyl (C=O) groups is 1. The van der Waals surface area contributed by atoms with E-state index in [0.29, 0.717) is 38.0 Å². The highest BCUT2D eigenvalue weighted by molar-refractivity contribution is 6.00. The van der Waals surface area contributed by atoms with Gasteiger partial charge in [0.1, 0.15) is 17.5 Å². The molecule has 0 N–H and O–H groups in total. The summed E-state index contributed by atoms with van der Waals surface area (Å²) in [6.07, 6.45) is 2.32. The van der Waals surface area contributed by atoms with Gasteiger partial charge in [0.2, 0.25) is 0 Å². The number of piperidine rings is 1. The zero-order valence-electron chi connectivity index (χ0n) is 20.5. The Hall–Kier alpha value is -2.83. The Balaban J connectivity index is 1.46. The van der Waals surface area contributed by atoms with Crippen molar-refractivity contribution in [1.82, 2.24) is 14.4 Å². The number of ether oxygens (including phenoxy) is 2. The van der Waals surface area contributed by atoms with Gasteiger partial charge in [0.15, 0.2) is 0 Å². The average molecular weight is 462 g/mol. The fourth-order valence-electron chi connectivity index (χ4n) is 5.03.